The van der Waals surface area contributed by atoms with E-state index in [0.29, 0.717) is 11.6 Å². The van der Waals surface area contributed by atoms with Crippen molar-refractivity contribution in [2.45, 2.75) is 33.8 Å². The van der Waals surface area contributed by atoms with Gasteiger partial charge in [-0.05, 0) is 40.4 Å². The van der Waals surface area contributed by atoms with Crippen molar-refractivity contribution in [1.82, 2.24) is 9.97 Å². The number of nitrogens with one attached hydrogen (secondary N) is 1. The maximum Gasteiger partial charge on any atom is 0.240 e. The van der Waals surface area contributed by atoms with Gasteiger partial charge in [-0.2, -0.15) is 0 Å². The molecule has 0 bridgehead atoms. The average Bonchev–Trinajstić information content (AvgIpc) is 2.85. The quantitative estimate of drug-likeness (QED) is 0.257. The molecule has 1 aromatic heterocycles. The molecule has 4 aromatic rings. The summed E-state index contributed by atoms with van der Waals surface area (Å²) < 4.78 is 7.11. The number of anilines is 2. The first kappa shape index (κ1) is 24.9. The molecule has 0 saturated heterocycles. The van der Waals surface area contributed by atoms with Gasteiger partial charge in [0.25, 0.3) is 0 Å². The monoisotopic (exact) mass is 497 g/mol. The lowest BCUT2D eigenvalue weighted by atomic mass is 9.85. The number of benzene rings is 3. The zero-order chi connectivity index (χ0) is 24.8. The molecule has 0 aliphatic rings. The molecule has 1 N–H and O–H groups in total. The molecule has 0 radical (unpaired) electrons. The van der Waals surface area contributed by atoms with Gasteiger partial charge in [0.05, 0.1) is 6.10 Å². The summed E-state index contributed by atoms with van der Waals surface area (Å²) in [4.78, 5) is 8.80. The van der Waals surface area contributed by atoms with Gasteiger partial charge in [-0.3, -0.25) is 0 Å². The van der Waals surface area contributed by atoms with Crippen LogP contribution in [0.15, 0.2) is 91.1 Å². The maximum atomic E-state index is 7.11. The van der Waals surface area contributed by atoms with Crippen LogP contribution in [0.2, 0.25) is 0 Å². The summed E-state index contributed by atoms with van der Waals surface area (Å²) in [5.74, 6) is 1.40. The highest BCUT2D eigenvalue weighted by atomic mass is 32.1. The van der Waals surface area contributed by atoms with Gasteiger partial charge in [-0.1, -0.05) is 106 Å². The third-order valence-electron chi connectivity index (χ3n) is 5.78. The van der Waals surface area contributed by atoms with Crippen LogP contribution in [0.25, 0.3) is 0 Å². The molecule has 0 amide bonds. The zero-order valence-corrected chi connectivity index (χ0v) is 22.6. The molecule has 0 spiro atoms. The molecule has 0 saturated carbocycles. The van der Waals surface area contributed by atoms with E-state index < -0.39 is 9.04 Å². The van der Waals surface area contributed by atoms with Crippen LogP contribution in [0.3, 0.4) is 0 Å². The third-order valence-corrected chi connectivity index (χ3v) is 8.56. The van der Waals surface area contributed by atoms with Gasteiger partial charge >= 0.3 is 0 Å². The second-order valence-electron chi connectivity index (χ2n) is 9.67. The van der Waals surface area contributed by atoms with Gasteiger partial charge in [-0.15, -0.1) is 0 Å². The minimum Gasteiger partial charge on any atom is -0.403 e. The van der Waals surface area contributed by atoms with Gasteiger partial charge in [-0.25, -0.2) is 9.97 Å². The minimum atomic E-state index is -1.94. The van der Waals surface area contributed by atoms with Crippen LogP contribution in [0.5, 0.6) is 0 Å². The Bertz CT molecular complexity index is 1240. The molecule has 0 aliphatic carbocycles. The number of aromatic nitrogens is 2. The highest BCUT2D eigenvalue weighted by Gasteiger charge is 2.32. The fourth-order valence-electron chi connectivity index (χ4n) is 4.11. The van der Waals surface area contributed by atoms with Crippen molar-refractivity contribution in [3.63, 3.8) is 0 Å². The Balaban J connectivity index is 1.70. The molecule has 3 aromatic carbocycles. The number of thiocarbonyl (C=S) groups is 1. The fraction of sp³-hybridized carbons (Fsp3) is 0.207. The van der Waals surface area contributed by atoms with Crippen molar-refractivity contribution in [1.29, 1.82) is 0 Å². The maximum absolute atomic E-state index is 7.11. The van der Waals surface area contributed by atoms with Crippen LogP contribution >= 0.6 is 12.2 Å². The van der Waals surface area contributed by atoms with Gasteiger partial charge in [0.2, 0.25) is 9.04 Å². The van der Waals surface area contributed by atoms with Gasteiger partial charge < -0.3 is 9.74 Å². The van der Waals surface area contributed by atoms with Crippen molar-refractivity contribution in [2.75, 3.05) is 5.32 Å². The average molecular weight is 498 g/mol. The van der Waals surface area contributed by atoms with Crippen LogP contribution in [-0.2, 0) is 4.43 Å². The molecule has 178 valence electrons. The van der Waals surface area contributed by atoms with E-state index in [0.717, 1.165) is 16.8 Å². The highest BCUT2D eigenvalue weighted by molar-refractivity contribution is 7.79. The summed E-state index contributed by atoms with van der Waals surface area (Å²) in [6, 6.07) is 29.6. The highest BCUT2D eigenvalue weighted by Crippen LogP contribution is 2.37. The Kier molecular flexibility index (Phi) is 7.85. The minimum absolute atomic E-state index is 0.0987. The van der Waals surface area contributed by atoms with E-state index in [1.165, 1.54) is 10.4 Å². The Morgan fingerprint density at radius 3 is 2.11 bits per heavy atom. The Morgan fingerprint density at radius 2 is 1.54 bits per heavy atom. The van der Waals surface area contributed by atoms with E-state index in [2.05, 4.69) is 115 Å². The lowest BCUT2D eigenvalue weighted by Gasteiger charge is -2.35. The van der Waals surface area contributed by atoms with Crippen molar-refractivity contribution in [3.8, 4) is 0 Å². The zero-order valence-electron chi connectivity index (χ0n) is 20.6. The molecule has 1 unspecified atom stereocenters. The predicted molar refractivity (Wildman–Crippen MR) is 152 cm³/mol. The van der Waals surface area contributed by atoms with E-state index in [9.17, 15) is 0 Å². The molecule has 4 rings (SSSR count). The van der Waals surface area contributed by atoms with Crippen molar-refractivity contribution in [3.05, 3.63) is 108 Å². The topological polar surface area (TPSA) is 47.0 Å². The predicted octanol–water partition coefficient (Wildman–Crippen LogP) is 5.52. The molecule has 4 nitrogen and oxygen atoms in total. The second kappa shape index (κ2) is 11.0. The summed E-state index contributed by atoms with van der Waals surface area (Å²) in [7, 11) is -1.94. The van der Waals surface area contributed by atoms with Gasteiger partial charge in [0.1, 0.15) is 11.6 Å². The SMILES string of the molecule is Cc1ncc(C=S)c(Nc2cccc(C(O[SiH](c3ccccc3)c3ccccc3)C(C)(C)C)c2)n1. The molecule has 6 heteroatoms. The smallest absolute Gasteiger partial charge is 0.240 e. The fourth-order valence-corrected chi connectivity index (χ4v) is 6.96. The number of hydrogen-bond acceptors (Lipinski definition) is 5. The Morgan fingerprint density at radius 1 is 0.914 bits per heavy atom. The Labute approximate surface area is 215 Å². The summed E-state index contributed by atoms with van der Waals surface area (Å²) in [6.07, 6.45) is 1.65. The number of hydrogen-bond donors (Lipinski definition) is 1. The lowest BCUT2D eigenvalue weighted by molar-refractivity contribution is 0.0897. The third kappa shape index (κ3) is 6.28. The summed E-state index contributed by atoms with van der Waals surface area (Å²) in [6.45, 7) is 8.57. The molecule has 0 fully saturated rings. The van der Waals surface area contributed by atoms with Crippen LogP contribution < -0.4 is 15.7 Å². The largest absolute Gasteiger partial charge is 0.403 e. The normalized spacial score (nSPS) is 12.4. The van der Waals surface area contributed by atoms with E-state index >= 15 is 0 Å². The number of nitrogens with zero attached hydrogens (tertiary/aromatic N) is 2. The standard InChI is InChI=1S/C29H31N3OSSi/c1-21-30-19-23(20-34)28(31-21)32-24-13-11-12-22(18-24)27(29(2,3)4)33-35(25-14-7-5-8-15-25)26-16-9-6-10-17-26/h5-20,27,35H,1-4H3,(H,30,31,32). The van der Waals surface area contributed by atoms with Crippen LogP contribution in [0.1, 0.15) is 43.8 Å². The van der Waals surface area contributed by atoms with E-state index in [-0.39, 0.29) is 11.5 Å². The van der Waals surface area contributed by atoms with Crippen LogP contribution in [0, 0.1) is 12.3 Å². The summed E-state index contributed by atoms with van der Waals surface area (Å²) in [5.41, 5.74) is 2.74. The first-order valence-corrected chi connectivity index (χ1v) is 13.9. The molecular formula is C29H31N3OSSi. The van der Waals surface area contributed by atoms with Gasteiger partial charge in [0.15, 0.2) is 0 Å². The second-order valence-corrected chi connectivity index (χ2v) is 12.3. The van der Waals surface area contributed by atoms with Crippen LogP contribution in [-0.4, -0.2) is 24.4 Å². The van der Waals surface area contributed by atoms with Gasteiger partial charge in [0, 0.05) is 22.8 Å². The van der Waals surface area contributed by atoms with Crippen molar-refractivity contribution in [2.24, 2.45) is 5.41 Å². The Hall–Kier alpha value is -3.19. The number of rotatable bonds is 8. The van der Waals surface area contributed by atoms with E-state index in [4.69, 9.17) is 16.6 Å². The lowest BCUT2D eigenvalue weighted by Crippen LogP contribution is -2.47. The molecule has 35 heavy (non-hydrogen) atoms. The molecule has 1 heterocycles. The summed E-state index contributed by atoms with van der Waals surface area (Å²) >= 11 is 5.16. The summed E-state index contributed by atoms with van der Waals surface area (Å²) in [5, 5.41) is 7.57. The van der Waals surface area contributed by atoms with E-state index in [1.807, 2.05) is 13.0 Å². The van der Waals surface area contributed by atoms with E-state index in [1.54, 1.807) is 11.6 Å². The van der Waals surface area contributed by atoms with Crippen molar-refractivity contribution < 1.29 is 4.43 Å². The molecule has 0 aliphatic heterocycles. The molecular weight excluding hydrogens is 466 g/mol. The first-order valence-electron chi connectivity index (χ1n) is 11.8. The first-order chi connectivity index (χ1) is 16.8. The van der Waals surface area contributed by atoms with Crippen molar-refractivity contribution >= 4 is 48.5 Å². The molecule has 1 atom stereocenters. The van der Waals surface area contributed by atoms with Crippen LogP contribution in [0.4, 0.5) is 11.5 Å². The number of aryl methyl sites for hydroxylation is 1.